The minimum Gasteiger partial charge on any atom is -0.305 e. The fraction of sp³-hybridized carbons (Fsp3) is 0.250. The fourth-order valence-corrected chi connectivity index (χ4v) is 2.72. The molecule has 0 aliphatic carbocycles. The lowest BCUT2D eigenvalue weighted by Gasteiger charge is -2.21. The summed E-state index contributed by atoms with van der Waals surface area (Å²) in [5.41, 5.74) is 4.31. The molecule has 0 aromatic heterocycles. The molecule has 1 unspecified atom stereocenters. The van der Waals surface area contributed by atoms with Crippen LogP contribution in [0.2, 0.25) is 0 Å². The van der Waals surface area contributed by atoms with Crippen LogP contribution in [0.15, 0.2) is 54.6 Å². The smallest absolute Gasteiger partial charge is 0.0392 e. The minimum atomic E-state index is 0.452. The van der Waals surface area contributed by atoms with Gasteiger partial charge in [0.15, 0.2) is 0 Å². The van der Waals surface area contributed by atoms with E-state index in [2.05, 4.69) is 66.8 Å². The first-order chi connectivity index (χ1) is 8.36. The van der Waals surface area contributed by atoms with E-state index >= 15 is 0 Å². The van der Waals surface area contributed by atoms with Crippen LogP contribution >= 0.6 is 0 Å². The Balaban J connectivity index is 1.92. The molecule has 17 heavy (non-hydrogen) atoms. The van der Waals surface area contributed by atoms with Gasteiger partial charge in [-0.3, -0.25) is 0 Å². The largest absolute Gasteiger partial charge is 0.305 e. The highest BCUT2D eigenvalue weighted by atomic mass is 14.9. The minimum absolute atomic E-state index is 0.452. The highest BCUT2D eigenvalue weighted by molar-refractivity contribution is 5.37. The van der Waals surface area contributed by atoms with E-state index in [1.807, 2.05) is 0 Å². The standard InChI is InChI=1S/C16H17N/c1-12(13-7-3-2-4-8-13)16-15-10-6-5-9-14(15)11-17-16/h2-10,12,16-17H,11H2,1H3/t12-,16?/m1/s1. The fourth-order valence-electron chi connectivity index (χ4n) is 2.72. The van der Waals surface area contributed by atoms with Crippen LogP contribution in [0.4, 0.5) is 0 Å². The molecule has 1 aliphatic heterocycles. The highest BCUT2D eigenvalue weighted by Gasteiger charge is 2.26. The first-order valence-corrected chi connectivity index (χ1v) is 6.22. The lowest BCUT2D eigenvalue weighted by molar-refractivity contribution is 0.503. The van der Waals surface area contributed by atoms with Gasteiger partial charge in [-0.05, 0) is 16.7 Å². The molecule has 1 nitrogen and oxygen atoms in total. The second-order valence-corrected chi connectivity index (χ2v) is 4.76. The van der Waals surface area contributed by atoms with Crippen molar-refractivity contribution in [3.05, 3.63) is 71.3 Å². The molecule has 0 saturated heterocycles. The van der Waals surface area contributed by atoms with Gasteiger partial charge < -0.3 is 5.32 Å². The van der Waals surface area contributed by atoms with E-state index in [0.717, 1.165) is 6.54 Å². The van der Waals surface area contributed by atoms with Crippen LogP contribution in [-0.2, 0) is 6.54 Å². The second kappa shape index (κ2) is 4.34. The summed E-state index contributed by atoms with van der Waals surface area (Å²) in [6.45, 7) is 3.30. The number of rotatable bonds is 2. The molecule has 0 radical (unpaired) electrons. The van der Waals surface area contributed by atoms with E-state index in [1.54, 1.807) is 0 Å². The van der Waals surface area contributed by atoms with Crippen LogP contribution in [0.3, 0.4) is 0 Å². The van der Waals surface area contributed by atoms with Crippen molar-refractivity contribution in [2.45, 2.75) is 25.4 Å². The van der Waals surface area contributed by atoms with Crippen LogP contribution in [0.1, 0.15) is 35.6 Å². The van der Waals surface area contributed by atoms with Crippen molar-refractivity contribution >= 4 is 0 Å². The van der Waals surface area contributed by atoms with Crippen LogP contribution < -0.4 is 5.32 Å². The number of benzene rings is 2. The molecule has 2 aromatic rings. The third kappa shape index (κ3) is 1.87. The van der Waals surface area contributed by atoms with Crippen molar-refractivity contribution in [2.75, 3.05) is 0 Å². The van der Waals surface area contributed by atoms with Gasteiger partial charge in [0.1, 0.15) is 0 Å². The monoisotopic (exact) mass is 223 g/mol. The number of fused-ring (bicyclic) bond motifs is 1. The van der Waals surface area contributed by atoms with Crippen molar-refractivity contribution in [2.24, 2.45) is 0 Å². The maximum atomic E-state index is 3.62. The lowest BCUT2D eigenvalue weighted by Crippen LogP contribution is -2.18. The van der Waals surface area contributed by atoms with Gasteiger partial charge in [-0.25, -0.2) is 0 Å². The van der Waals surface area contributed by atoms with E-state index < -0.39 is 0 Å². The summed E-state index contributed by atoms with van der Waals surface area (Å²) < 4.78 is 0. The molecule has 1 heteroatoms. The summed E-state index contributed by atoms with van der Waals surface area (Å²) in [7, 11) is 0. The molecule has 1 aliphatic rings. The van der Waals surface area contributed by atoms with Gasteiger partial charge in [0.25, 0.3) is 0 Å². The zero-order chi connectivity index (χ0) is 11.7. The average molecular weight is 223 g/mol. The van der Waals surface area contributed by atoms with Crippen LogP contribution in [-0.4, -0.2) is 0 Å². The predicted octanol–water partition coefficient (Wildman–Crippen LogP) is 3.63. The van der Waals surface area contributed by atoms with Gasteiger partial charge in [-0.15, -0.1) is 0 Å². The van der Waals surface area contributed by atoms with Crippen molar-refractivity contribution < 1.29 is 0 Å². The molecule has 0 saturated carbocycles. The van der Waals surface area contributed by atoms with E-state index in [1.165, 1.54) is 16.7 Å². The Bertz CT molecular complexity index is 504. The van der Waals surface area contributed by atoms with Gasteiger partial charge in [0.2, 0.25) is 0 Å². The van der Waals surface area contributed by atoms with Gasteiger partial charge in [0.05, 0.1) is 0 Å². The number of hydrogen-bond acceptors (Lipinski definition) is 1. The molecule has 2 aromatic carbocycles. The normalized spacial score (nSPS) is 19.9. The molecule has 0 fully saturated rings. The van der Waals surface area contributed by atoms with Gasteiger partial charge in [-0.1, -0.05) is 61.5 Å². The van der Waals surface area contributed by atoms with E-state index in [9.17, 15) is 0 Å². The molecule has 2 atom stereocenters. The molecule has 3 rings (SSSR count). The first kappa shape index (κ1) is 10.5. The van der Waals surface area contributed by atoms with E-state index in [0.29, 0.717) is 12.0 Å². The summed E-state index contributed by atoms with van der Waals surface area (Å²) in [6.07, 6.45) is 0. The molecular weight excluding hydrogens is 206 g/mol. The summed E-state index contributed by atoms with van der Waals surface area (Å²) in [5.74, 6) is 0.514. The predicted molar refractivity (Wildman–Crippen MR) is 70.9 cm³/mol. The van der Waals surface area contributed by atoms with Crippen molar-refractivity contribution in [3.63, 3.8) is 0 Å². The molecular formula is C16H17N. The third-order valence-electron chi connectivity index (χ3n) is 3.73. The summed E-state index contributed by atoms with van der Waals surface area (Å²) in [5, 5.41) is 3.62. The van der Waals surface area contributed by atoms with Crippen molar-refractivity contribution in [1.82, 2.24) is 5.32 Å². The quantitative estimate of drug-likeness (QED) is 0.819. The number of nitrogens with one attached hydrogen (secondary N) is 1. The molecule has 0 spiro atoms. The van der Waals surface area contributed by atoms with Crippen molar-refractivity contribution in [1.29, 1.82) is 0 Å². The highest BCUT2D eigenvalue weighted by Crippen LogP contribution is 2.36. The summed E-state index contributed by atoms with van der Waals surface area (Å²) >= 11 is 0. The zero-order valence-corrected chi connectivity index (χ0v) is 10.1. The van der Waals surface area contributed by atoms with E-state index in [4.69, 9.17) is 0 Å². The van der Waals surface area contributed by atoms with Gasteiger partial charge in [0, 0.05) is 18.5 Å². The SMILES string of the molecule is C[C@H](c1ccccc1)C1NCc2ccccc21. The summed E-state index contributed by atoms with van der Waals surface area (Å²) in [6, 6.07) is 19.9. The topological polar surface area (TPSA) is 12.0 Å². The number of hydrogen-bond donors (Lipinski definition) is 1. The van der Waals surface area contributed by atoms with Crippen LogP contribution in [0, 0.1) is 0 Å². The first-order valence-electron chi connectivity index (χ1n) is 6.22. The summed E-state index contributed by atoms with van der Waals surface area (Å²) in [4.78, 5) is 0. The average Bonchev–Trinajstić information content (AvgIpc) is 2.83. The molecule has 1 heterocycles. The Kier molecular flexibility index (Phi) is 2.69. The van der Waals surface area contributed by atoms with Crippen molar-refractivity contribution in [3.8, 4) is 0 Å². The molecule has 0 amide bonds. The Morgan fingerprint density at radius 3 is 2.53 bits per heavy atom. The Morgan fingerprint density at radius 2 is 1.71 bits per heavy atom. The van der Waals surface area contributed by atoms with E-state index in [-0.39, 0.29) is 0 Å². The third-order valence-corrected chi connectivity index (χ3v) is 3.73. The maximum Gasteiger partial charge on any atom is 0.0392 e. The molecule has 0 bridgehead atoms. The Morgan fingerprint density at radius 1 is 1.00 bits per heavy atom. The Labute approximate surface area is 102 Å². The van der Waals surface area contributed by atoms with Crippen LogP contribution in [0.25, 0.3) is 0 Å². The van der Waals surface area contributed by atoms with Gasteiger partial charge >= 0.3 is 0 Å². The maximum absolute atomic E-state index is 3.62. The lowest BCUT2D eigenvalue weighted by atomic mass is 9.89. The second-order valence-electron chi connectivity index (χ2n) is 4.76. The molecule has 1 N–H and O–H groups in total. The molecule has 86 valence electrons. The van der Waals surface area contributed by atoms with Gasteiger partial charge in [-0.2, -0.15) is 0 Å². The zero-order valence-electron chi connectivity index (χ0n) is 10.1. The Hall–Kier alpha value is -1.60. The van der Waals surface area contributed by atoms with Crippen LogP contribution in [0.5, 0.6) is 0 Å².